The molecule has 1 aromatic carbocycles. The highest BCUT2D eigenvalue weighted by Crippen LogP contribution is 2.37. The number of benzene rings is 1. The number of aryl methyl sites for hydroxylation is 1. The largest absolute Gasteiger partial charge is 0.416 e. The summed E-state index contributed by atoms with van der Waals surface area (Å²) < 4.78 is 43.1. The Labute approximate surface area is 216 Å². The molecule has 1 aliphatic carbocycles. The molecule has 2 aliphatic rings. The van der Waals surface area contributed by atoms with Crippen LogP contribution in [0, 0.1) is 3.57 Å². The van der Waals surface area contributed by atoms with Crippen molar-refractivity contribution in [1.29, 1.82) is 0 Å². The molecule has 1 saturated heterocycles. The van der Waals surface area contributed by atoms with E-state index in [4.69, 9.17) is 0 Å². The number of hydrogen-bond donors (Lipinski definition) is 0. The molecule has 0 spiro atoms. The monoisotopic (exact) mass is 596 g/mol. The first-order chi connectivity index (χ1) is 16.7. The Morgan fingerprint density at radius 1 is 1.09 bits per heavy atom. The molecular formula is C25H28F3IN6. The zero-order chi connectivity index (χ0) is 24.7. The molecule has 0 saturated carbocycles. The molecule has 0 unspecified atom stereocenters. The van der Waals surface area contributed by atoms with Gasteiger partial charge in [-0.1, -0.05) is 6.07 Å². The van der Waals surface area contributed by atoms with Gasteiger partial charge in [0, 0.05) is 55.1 Å². The van der Waals surface area contributed by atoms with Crippen LogP contribution in [-0.2, 0) is 32.6 Å². The number of nitrogens with zero attached hydrogens (tertiary/aromatic N) is 6. The van der Waals surface area contributed by atoms with Gasteiger partial charge < -0.3 is 4.90 Å². The fourth-order valence-electron chi connectivity index (χ4n) is 5.39. The molecule has 186 valence electrons. The van der Waals surface area contributed by atoms with Crippen molar-refractivity contribution in [3.8, 4) is 11.4 Å². The molecule has 0 N–H and O–H groups in total. The second kappa shape index (κ2) is 9.68. The highest BCUT2D eigenvalue weighted by atomic mass is 127. The lowest BCUT2D eigenvalue weighted by molar-refractivity contribution is -0.138. The van der Waals surface area contributed by atoms with Crippen molar-refractivity contribution in [3.05, 3.63) is 56.3 Å². The second-order valence-electron chi connectivity index (χ2n) is 9.44. The minimum atomic E-state index is -4.34. The van der Waals surface area contributed by atoms with Gasteiger partial charge in [0.15, 0.2) is 5.82 Å². The summed E-state index contributed by atoms with van der Waals surface area (Å²) in [5.74, 6) is 0.943. The summed E-state index contributed by atoms with van der Waals surface area (Å²) in [5.41, 5.74) is 4.26. The number of fused-ring (bicyclic) bond motifs is 1. The van der Waals surface area contributed by atoms with E-state index in [0.29, 0.717) is 15.7 Å². The van der Waals surface area contributed by atoms with E-state index in [1.54, 1.807) is 18.3 Å². The molecule has 5 rings (SSSR count). The zero-order valence-corrected chi connectivity index (χ0v) is 22.0. The normalized spacial score (nSPS) is 17.1. The highest BCUT2D eigenvalue weighted by Gasteiger charge is 2.35. The van der Waals surface area contributed by atoms with E-state index in [9.17, 15) is 13.2 Å². The number of hydrogen-bond acceptors (Lipinski definition) is 5. The zero-order valence-electron chi connectivity index (χ0n) is 19.8. The number of likely N-dealkylation sites (tertiary alicyclic amines) is 1. The SMILES string of the molecule is CN(c1nnc(-c2ccnn2C)c2c1CCC2)C1CCN(Cc2ccc(I)cc2C(F)(F)F)CC1. The Bertz CT molecular complexity index is 1220. The van der Waals surface area contributed by atoms with E-state index < -0.39 is 11.7 Å². The molecule has 3 heterocycles. The van der Waals surface area contributed by atoms with Crippen molar-refractivity contribution in [2.45, 2.75) is 50.9 Å². The summed E-state index contributed by atoms with van der Waals surface area (Å²) in [6.07, 6.45) is 2.26. The van der Waals surface area contributed by atoms with Gasteiger partial charge in [0.2, 0.25) is 0 Å². The van der Waals surface area contributed by atoms with Gasteiger partial charge in [0.1, 0.15) is 5.69 Å². The molecule has 10 heteroatoms. The van der Waals surface area contributed by atoms with E-state index in [0.717, 1.165) is 62.4 Å². The van der Waals surface area contributed by atoms with Crippen molar-refractivity contribution < 1.29 is 13.2 Å². The number of anilines is 1. The van der Waals surface area contributed by atoms with Crippen LogP contribution in [0.2, 0.25) is 0 Å². The lowest BCUT2D eigenvalue weighted by atomic mass is 10.0. The molecule has 0 radical (unpaired) electrons. The lowest BCUT2D eigenvalue weighted by Crippen LogP contribution is -2.44. The van der Waals surface area contributed by atoms with E-state index in [1.165, 1.54) is 17.2 Å². The smallest absolute Gasteiger partial charge is 0.355 e. The van der Waals surface area contributed by atoms with E-state index in [1.807, 2.05) is 40.4 Å². The number of alkyl halides is 3. The van der Waals surface area contributed by atoms with Crippen molar-refractivity contribution in [2.75, 3.05) is 25.0 Å². The van der Waals surface area contributed by atoms with Crippen LogP contribution in [-0.4, -0.2) is 51.1 Å². The van der Waals surface area contributed by atoms with Gasteiger partial charge in [-0.15, -0.1) is 10.2 Å². The molecule has 2 aromatic heterocycles. The Morgan fingerprint density at radius 3 is 2.51 bits per heavy atom. The van der Waals surface area contributed by atoms with E-state index >= 15 is 0 Å². The van der Waals surface area contributed by atoms with Crippen LogP contribution >= 0.6 is 22.6 Å². The minimum Gasteiger partial charge on any atom is -0.355 e. The predicted molar refractivity (Wildman–Crippen MR) is 137 cm³/mol. The average molecular weight is 596 g/mol. The van der Waals surface area contributed by atoms with Crippen molar-refractivity contribution in [1.82, 2.24) is 24.9 Å². The topological polar surface area (TPSA) is 50.1 Å². The predicted octanol–water partition coefficient (Wildman–Crippen LogP) is 5.09. The summed E-state index contributed by atoms with van der Waals surface area (Å²) >= 11 is 1.93. The Hall–Kier alpha value is -2.21. The van der Waals surface area contributed by atoms with E-state index in [2.05, 4.69) is 32.1 Å². The second-order valence-corrected chi connectivity index (χ2v) is 10.7. The van der Waals surface area contributed by atoms with Gasteiger partial charge in [-0.25, -0.2) is 0 Å². The maximum atomic E-state index is 13.5. The van der Waals surface area contributed by atoms with Gasteiger partial charge in [0.25, 0.3) is 0 Å². The Balaban J connectivity index is 1.29. The summed E-state index contributed by atoms with van der Waals surface area (Å²) in [4.78, 5) is 4.37. The maximum absolute atomic E-state index is 13.5. The maximum Gasteiger partial charge on any atom is 0.416 e. The lowest BCUT2D eigenvalue weighted by Gasteiger charge is -2.38. The van der Waals surface area contributed by atoms with Gasteiger partial charge in [0.05, 0.1) is 11.3 Å². The Kier molecular flexibility index (Phi) is 6.77. The summed E-state index contributed by atoms with van der Waals surface area (Å²) in [6, 6.07) is 6.86. The van der Waals surface area contributed by atoms with Crippen molar-refractivity contribution >= 4 is 28.4 Å². The third-order valence-corrected chi connectivity index (χ3v) is 7.96. The van der Waals surface area contributed by atoms with Crippen molar-refractivity contribution in [2.24, 2.45) is 7.05 Å². The Morgan fingerprint density at radius 2 is 1.83 bits per heavy atom. The molecule has 6 nitrogen and oxygen atoms in total. The molecule has 0 amide bonds. The standard InChI is InChI=1S/C25H28F3IN6/c1-33(24-20-5-3-4-19(20)23(31-32-24)22-8-11-30-34(22)2)18-9-12-35(13-10-18)15-16-6-7-17(29)14-21(16)25(26,27)28/h6-8,11,14,18H,3-5,9-10,12-13,15H2,1-2H3. The molecular weight excluding hydrogens is 568 g/mol. The van der Waals surface area contributed by atoms with Crippen LogP contribution in [0.15, 0.2) is 30.5 Å². The van der Waals surface area contributed by atoms with E-state index in [-0.39, 0.29) is 6.04 Å². The molecule has 1 aliphatic heterocycles. The van der Waals surface area contributed by atoms with Gasteiger partial charge in [-0.3, -0.25) is 9.58 Å². The fourth-order valence-corrected chi connectivity index (χ4v) is 5.89. The third-order valence-electron chi connectivity index (χ3n) is 7.29. The van der Waals surface area contributed by atoms with Crippen LogP contribution in [0.1, 0.15) is 41.5 Å². The highest BCUT2D eigenvalue weighted by molar-refractivity contribution is 14.1. The quantitative estimate of drug-likeness (QED) is 0.385. The molecule has 0 atom stereocenters. The van der Waals surface area contributed by atoms with Crippen LogP contribution in [0.25, 0.3) is 11.4 Å². The summed E-state index contributed by atoms with van der Waals surface area (Å²) in [7, 11) is 3.99. The first-order valence-corrected chi connectivity index (χ1v) is 13.0. The van der Waals surface area contributed by atoms with Gasteiger partial charge >= 0.3 is 6.18 Å². The first kappa shape index (κ1) is 24.5. The van der Waals surface area contributed by atoms with Gasteiger partial charge in [-0.05, 0) is 84.0 Å². The van der Waals surface area contributed by atoms with Crippen LogP contribution < -0.4 is 4.90 Å². The molecule has 1 fully saturated rings. The van der Waals surface area contributed by atoms with Crippen molar-refractivity contribution in [3.63, 3.8) is 0 Å². The number of halogens is 4. The molecule has 35 heavy (non-hydrogen) atoms. The number of aromatic nitrogens is 4. The number of rotatable bonds is 5. The third kappa shape index (κ3) is 4.91. The number of piperidine rings is 1. The first-order valence-electron chi connectivity index (χ1n) is 11.9. The summed E-state index contributed by atoms with van der Waals surface area (Å²) in [5, 5.41) is 13.5. The molecule has 0 bridgehead atoms. The molecule has 3 aromatic rings. The van der Waals surface area contributed by atoms with Crippen LogP contribution in [0.3, 0.4) is 0 Å². The summed E-state index contributed by atoms with van der Waals surface area (Å²) in [6.45, 7) is 1.82. The van der Waals surface area contributed by atoms with Crippen LogP contribution in [0.5, 0.6) is 0 Å². The van der Waals surface area contributed by atoms with Gasteiger partial charge in [-0.2, -0.15) is 18.3 Å². The van der Waals surface area contributed by atoms with Crippen LogP contribution in [0.4, 0.5) is 19.0 Å². The average Bonchev–Trinajstić information content (AvgIpc) is 3.48. The minimum absolute atomic E-state index is 0.284. The fraction of sp³-hybridized carbons (Fsp3) is 0.480.